The predicted molar refractivity (Wildman–Crippen MR) is 106 cm³/mol. The van der Waals surface area contributed by atoms with Crippen LogP contribution in [0.15, 0.2) is 48.5 Å². The van der Waals surface area contributed by atoms with E-state index in [1.165, 1.54) is 6.07 Å². The number of nitrogens with zero attached hydrogens (tertiary/aromatic N) is 3. The fourth-order valence-corrected chi connectivity index (χ4v) is 3.08. The summed E-state index contributed by atoms with van der Waals surface area (Å²) in [5, 5.41) is 4.59. The minimum atomic E-state index is -0.787. The summed E-state index contributed by atoms with van der Waals surface area (Å²) < 4.78 is 33.6. The van der Waals surface area contributed by atoms with E-state index in [1.807, 2.05) is 48.9 Å². The first-order valence-corrected chi connectivity index (χ1v) is 9.29. The van der Waals surface area contributed by atoms with Gasteiger partial charge in [-0.1, -0.05) is 18.2 Å². The highest BCUT2D eigenvalue weighted by molar-refractivity contribution is 5.76. The summed E-state index contributed by atoms with van der Waals surface area (Å²) in [4.78, 5) is 14.0. The first-order valence-electron chi connectivity index (χ1n) is 9.29. The zero-order valence-corrected chi connectivity index (χ0v) is 16.7. The zero-order chi connectivity index (χ0) is 21.0. The van der Waals surface area contributed by atoms with Crippen LogP contribution in [-0.4, -0.2) is 34.2 Å². The molecule has 1 amide bonds. The smallest absolute Gasteiger partial charge is 0.226 e. The van der Waals surface area contributed by atoms with Crippen LogP contribution >= 0.6 is 0 Å². The van der Waals surface area contributed by atoms with Gasteiger partial charge >= 0.3 is 0 Å². The van der Waals surface area contributed by atoms with Gasteiger partial charge in [0.15, 0.2) is 11.6 Å². The summed E-state index contributed by atoms with van der Waals surface area (Å²) in [7, 11) is 1.71. The topological polar surface area (TPSA) is 47.4 Å². The van der Waals surface area contributed by atoms with Crippen molar-refractivity contribution in [3.8, 4) is 11.4 Å². The summed E-state index contributed by atoms with van der Waals surface area (Å²) in [6.45, 7) is 4.31. The number of para-hydroxylation sites is 1. The molecular formula is C22H23F2N3O2. The highest BCUT2D eigenvalue weighted by atomic mass is 19.1. The number of benzene rings is 2. The predicted octanol–water partition coefficient (Wildman–Crippen LogP) is 4.19. The minimum Gasteiger partial charge on any atom is -0.490 e. The van der Waals surface area contributed by atoms with Crippen molar-refractivity contribution in [2.75, 3.05) is 13.7 Å². The van der Waals surface area contributed by atoms with Crippen LogP contribution in [0.1, 0.15) is 23.4 Å². The number of aryl methyl sites for hydroxylation is 1. The van der Waals surface area contributed by atoms with Gasteiger partial charge in [-0.3, -0.25) is 4.79 Å². The molecule has 0 spiro atoms. The van der Waals surface area contributed by atoms with Crippen molar-refractivity contribution in [1.82, 2.24) is 14.7 Å². The van der Waals surface area contributed by atoms with Crippen LogP contribution in [0.25, 0.3) is 5.69 Å². The maximum absolute atomic E-state index is 13.6. The summed E-state index contributed by atoms with van der Waals surface area (Å²) in [5.74, 6) is -1.67. The molecule has 0 saturated carbocycles. The molecule has 0 atom stereocenters. The quantitative estimate of drug-likeness (QED) is 0.598. The molecule has 1 aromatic heterocycles. The lowest BCUT2D eigenvalue weighted by Gasteiger charge is -2.18. The molecule has 2 aromatic carbocycles. The van der Waals surface area contributed by atoms with Crippen LogP contribution in [0, 0.1) is 25.5 Å². The zero-order valence-electron chi connectivity index (χ0n) is 16.7. The fraction of sp³-hybridized carbons (Fsp3) is 0.273. The Kier molecular flexibility index (Phi) is 6.26. The summed E-state index contributed by atoms with van der Waals surface area (Å²) in [6.07, 6.45) is 0.0816. The van der Waals surface area contributed by atoms with E-state index >= 15 is 0 Å². The van der Waals surface area contributed by atoms with Crippen LogP contribution in [0.4, 0.5) is 8.78 Å². The molecule has 0 unspecified atom stereocenters. The van der Waals surface area contributed by atoms with Crippen molar-refractivity contribution >= 4 is 5.91 Å². The lowest BCUT2D eigenvalue weighted by Crippen LogP contribution is -2.28. The second-order valence-electron chi connectivity index (χ2n) is 6.82. The monoisotopic (exact) mass is 399 g/mol. The highest BCUT2D eigenvalue weighted by Gasteiger charge is 2.17. The number of carbonyl (C=O) groups is 1. The van der Waals surface area contributed by atoms with Gasteiger partial charge in [0.25, 0.3) is 0 Å². The summed E-state index contributed by atoms with van der Waals surface area (Å²) in [5.41, 5.74) is 3.77. The minimum absolute atomic E-state index is 0.00691. The van der Waals surface area contributed by atoms with Crippen LogP contribution in [0.3, 0.4) is 0 Å². The van der Waals surface area contributed by atoms with Crippen LogP contribution in [0.2, 0.25) is 0 Å². The van der Waals surface area contributed by atoms with E-state index in [2.05, 4.69) is 5.10 Å². The molecule has 0 aliphatic heterocycles. The molecule has 0 saturated heterocycles. The molecule has 0 N–H and O–H groups in total. The standard InChI is InChI=1S/C22H23F2N3O2/c1-15-19(16(2)27(25-15)18-7-5-4-6-8-18)14-26(3)22(28)11-12-29-21-10-9-17(23)13-20(21)24/h4-10,13H,11-12,14H2,1-3H3. The number of rotatable bonds is 7. The Bertz CT molecular complexity index is 1000. The van der Waals surface area contributed by atoms with Gasteiger partial charge in [-0.05, 0) is 38.1 Å². The van der Waals surface area contributed by atoms with Gasteiger partial charge in [-0.15, -0.1) is 0 Å². The van der Waals surface area contributed by atoms with Gasteiger partial charge in [0.2, 0.25) is 5.91 Å². The van der Waals surface area contributed by atoms with Gasteiger partial charge < -0.3 is 9.64 Å². The molecule has 1 heterocycles. The third-order valence-corrected chi connectivity index (χ3v) is 4.73. The normalized spacial score (nSPS) is 10.8. The fourth-order valence-electron chi connectivity index (χ4n) is 3.08. The number of hydrogen-bond donors (Lipinski definition) is 0. The van der Waals surface area contributed by atoms with Crippen LogP contribution in [0.5, 0.6) is 5.75 Å². The lowest BCUT2D eigenvalue weighted by molar-refractivity contribution is -0.130. The Morgan fingerprint density at radius 1 is 1.14 bits per heavy atom. The molecule has 0 aliphatic carbocycles. The molecule has 3 aromatic rings. The number of aromatic nitrogens is 2. The van der Waals surface area contributed by atoms with Crippen molar-refractivity contribution < 1.29 is 18.3 Å². The highest BCUT2D eigenvalue weighted by Crippen LogP contribution is 2.20. The van der Waals surface area contributed by atoms with E-state index < -0.39 is 11.6 Å². The summed E-state index contributed by atoms with van der Waals surface area (Å²) in [6, 6.07) is 12.9. The molecule has 152 valence electrons. The van der Waals surface area contributed by atoms with Crippen molar-refractivity contribution in [2.24, 2.45) is 0 Å². The van der Waals surface area contributed by atoms with Crippen molar-refractivity contribution in [3.05, 3.63) is 77.1 Å². The molecule has 29 heavy (non-hydrogen) atoms. The molecule has 0 fully saturated rings. The van der Waals surface area contributed by atoms with E-state index in [4.69, 9.17) is 4.74 Å². The average Bonchev–Trinajstić information content (AvgIpc) is 2.98. The number of amides is 1. The Hall–Kier alpha value is -3.22. The Morgan fingerprint density at radius 3 is 2.55 bits per heavy atom. The Balaban J connectivity index is 1.60. The molecule has 0 radical (unpaired) electrons. The molecular weight excluding hydrogens is 376 g/mol. The lowest BCUT2D eigenvalue weighted by atomic mass is 10.2. The van der Waals surface area contributed by atoms with Gasteiger partial charge in [0.05, 0.1) is 24.4 Å². The van der Waals surface area contributed by atoms with E-state index in [-0.39, 0.29) is 24.7 Å². The molecule has 0 aliphatic rings. The van der Waals surface area contributed by atoms with E-state index in [0.29, 0.717) is 6.54 Å². The maximum Gasteiger partial charge on any atom is 0.226 e. The Morgan fingerprint density at radius 2 is 1.86 bits per heavy atom. The third-order valence-electron chi connectivity index (χ3n) is 4.73. The first kappa shape index (κ1) is 20.5. The average molecular weight is 399 g/mol. The molecule has 0 bridgehead atoms. The van der Waals surface area contributed by atoms with E-state index in [9.17, 15) is 13.6 Å². The van der Waals surface area contributed by atoms with Gasteiger partial charge in [-0.25, -0.2) is 13.5 Å². The van der Waals surface area contributed by atoms with Crippen molar-refractivity contribution in [1.29, 1.82) is 0 Å². The second kappa shape index (κ2) is 8.86. The number of carbonyl (C=O) groups excluding carboxylic acids is 1. The van der Waals surface area contributed by atoms with Crippen molar-refractivity contribution in [2.45, 2.75) is 26.8 Å². The van der Waals surface area contributed by atoms with Gasteiger partial charge in [0.1, 0.15) is 5.82 Å². The molecule has 7 heteroatoms. The molecule has 3 rings (SSSR count). The van der Waals surface area contributed by atoms with Crippen LogP contribution < -0.4 is 4.74 Å². The first-order chi connectivity index (χ1) is 13.9. The Labute approximate surface area is 168 Å². The van der Waals surface area contributed by atoms with Gasteiger partial charge in [-0.2, -0.15) is 5.10 Å². The van der Waals surface area contributed by atoms with Crippen molar-refractivity contribution in [3.63, 3.8) is 0 Å². The molecule has 5 nitrogen and oxygen atoms in total. The third kappa shape index (κ3) is 4.80. The number of ether oxygens (including phenoxy) is 1. The van der Waals surface area contributed by atoms with E-state index in [0.717, 1.165) is 34.8 Å². The van der Waals surface area contributed by atoms with E-state index in [1.54, 1.807) is 11.9 Å². The maximum atomic E-state index is 13.6. The second-order valence-corrected chi connectivity index (χ2v) is 6.82. The van der Waals surface area contributed by atoms with Gasteiger partial charge in [0, 0.05) is 30.9 Å². The number of halogens is 2. The van der Waals surface area contributed by atoms with Crippen LogP contribution in [-0.2, 0) is 11.3 Å². The summed E-state index contributed by atoms with van der Waals surface area (Å²) >= 11 is 0. The largest absolute Gasteiger partial charge is 0.490 e. The SMILES string of the molecule is Cc1nn(-c2ccccc2)c(C)c1CN(C)C(=O)CCOc1ccc(F)cc1F. The number of hydrogen-bond acceptors (Lipinski definition) is 3.